The minimum Gasteiger partial charge on any atom is -0.458 e. The first kappa shape index (κ1) is 24.5. The largest absolute Gasteiger partial charge is 0.458 e. The minimum atomic E-state index is -4.63. The molecule has 0 unspecified atom stereocenters. The predicted molar refractivity (Wildman–Crippen MR) is 128 cm³/mol. The molecule has 2 aromatic carbocycles. The Bertz CT molecular complexity index is 1350. The van der Waals surface area contributed by atoms with Gasteiger partial charge >= 0.3 is 18.2 Å². The van der Waals surface area contributed by atoms with Crippen LogP contribution in [-0.4, -0.2) is 40.8 Å². The molecule has 7 nitrogen and oxygen atoms in total. The van der Waals surface area contributed by atoms with Gasteiger partial charge in [-0.2, -0.15) is 13.2 Å². The Morgan fingerprint density at radius 1 is 1.03 bits per heavy atom. The van der Waals surface area contributed by atoms with E-state index < -0.39 is 29.9 Å². The van der Waals surface area contributed by atoms with E-state index in [1.54, 1.807) is 4.90 Å². The van der Waals surface area contributed by atoms with Gasteiger partial charge in [0.15, 0.2) is 5.76 Å². The molecule has 198 valence electrons. The van der Waals surface area contributed by atoms with E-state index >= 15 is 0 Å². The van der Waals surface area contributed by atoms with Gasteiger partial charge < -0.3 is 18.9 Å². The van der Waals surface area contributed by atoms with Crippen LogP contribution in [0.5, 0.6) is 0 Å². The summed E-state index contributed by atoms with van der Waals surface area (Å²) in [6.07, 6.45) is -2.85. The zero-order valence-electron chi connectivity index (χ0n) is 20.3. The van der Waals surface area contributed by atoms with E-state index in [0.29, 0.717) is 19.4 Å². The minimum absolute atomic E-state index is 0.0360. The molecule has 2 saturated carbocycles. The van der Waals surface area contributed by atoms with Crippen molar-refractivity contribution in [1.82, 2.24) is 10.1 Å². The number of benzene rings is 2. The second kappa shape index (κ2) is 9.49. The Hall–Kier alpha value is -3.82. The number of piperidine rings is 1. The van der Waals surface area contributed by atoms with Crippen LogP contribution in [0.25, 0.3) is 11.3 Å². The summed E-state index contributed by atoms with van der Waals surface area (Å²) in [6.45, 7) is 0.560. The maximum Gasteiger partial charge on any atom is 0.417 e. The first-order valence-electron chi connectivity index (χ1n) is 12.6. The molecule has 0 N–H and O–H groups in total. The fourth-order valence-electron chi connectivity index (χ4n) is 5.52. The summed E-state index contributed by atoms with van der Waals surface area (Å²) in [4.78, 5) is 27.7. The van der Waals surface area contributed by atoms with Gasteiger partial charge in [-0.15, -0.1) is 0 Å². The average molecular weight is 527 g/mol. The number of nitrogens with zero attached hydrogens (tertiary/aromatic N) is 2. The van der Waals surface area contributed by atoms with Crippen LogP contribution in [0, 0.1) is 5.92 Å². The van der Waals surface area contributed by atoms with Crippen LogP contribution in [0.3, 0.4) is 0 Å². The van der Waals surface area contributed by atoms with Gasteiger partial charge in [0.05, 0.1) is 5.56 Å². The maximum atomic E-state index is 13.7. The molecule has 1 aromatic heterocycles. The van der Waals surface area contributed by atoms with Crippen molar-refractivity contribution in [2.24, 2.45) is 5.92 Å². The predicted octanol–water partition coefficient (Wildman–Crippen LogP) is 6.19. The van der Waals surface area contributed by atoms with Crippen LogP contribution in [0.1, 0.15) is 58.8 Å². The first-order valence-corrected chi connectivity index (χ1v) is 12.6. The number of carbonyl (C=O) groups excluding carboxylic acids is 2. The first-order chi connectivity index (χ1) is 18.3. The van der Waals surface area contributed by atoms with E-state index in [1.165, 1.54) is 18.2 Å². The second-order valence-electron chi connectivity index (χ2n) is 10.1. The average Bonchev–Trinajstić information content (AvgIpc) is 3.34. The number of fused-ring (bicyclic) bond motifs is 2. The van der Waals surface area contributed by atoms with Crippen LogP contribution in [-0.2, 0) is 22.3 Å². The number of hydrogen-bond donors (Lipinski definition) is 0. The van der Waals surface area contributed by atoms with Gasteiger partial charge in [0.25, 0.3) is 0 Å². The van der Waals surface area contributed by atoms with Crippen LogP contribution >= 0.6 is 0 Å². The number of rotatable bonds is 6. The van der Waals surface area contributed by atoms with Crippen molar-refractivity contribution in [2.75, 3.05) is 6.54 Å². The highest BCUT2D eigenvalue weighted by molar-refractivity contribution is 5.98. The number of ether oxygens (including phenoxy) is 2. The van der Waals surface area contributed by atoms with Crippen LogP contribution < -0.4 is 0 Å². The van der Waals surface area contributed by atoms with Crippen molar-refractivity contribution in [3.63, 3.8) is 0 Å². The lowest BCUT2D eigenvalue weighted by Gasteiger charge is -2.30. The molecule has 3 fully saturated rings. The molecule has 3 atom stereocenters. The molecule has 3 aromatic rings. The van der Waals surface area contributed by atoms with Crippen molar-refractivity contribution >= 4 is 12.1 Å². The smallest absolute Gasteiger partial charge is 0.417 e. The van der Waals surface area contributed by atoms with Gasteiger partial charge in [0, 0.05) is 36.4 Å². The molecule has 2 bridgehead atoms. The number of likely N-dealkylation sites (tertiary alicyclic amines) is 1. The van der Waals surface area contributed by atoms with Gasteiger partial charge in [-0.3, -0.25) is 0 Å². The Balaban J connectivity index is 1.16. The summed E-state index contributed by atoms with van der Waals surface area (Å²) in [5.41, 5.74) is -0.414. The Morgan fingerprint density at radius 3 is 2.45 bits per heavy atom. The molecule has 2 heterocycles. The Morgan fingerprint density at radius 2 is 1.76 bits per heavy atom. The molecule has 6 rings (SSSR count). The standard InChI is InChI=1S/C28H25F3N2O5/c29-28(30,31)21-9-5-4-8-20(21)24-23(25(38-32-24)17-10-11-17)26(34)37-22-13-19-12-18(22)14-33(19)27(35)36-15-16-6-2-1-3-7-16/h1-9,17-19,22H,10-15H2/t18-,19-,22+/m0/s1. The highest BCUT2D eigenvalue weighted by atomic mass is 19.4. The summed E-state index contributed by atoms with van der Waals surface area (Å²) in [6, 6.07) is 14.2. The number of alkyl halides is 3. The van der Waals surface area contributed by atoms with E-state index in [9.17, 15) is 22.8 Å². The van der Waals surface area contributed by atoms with E-state index in [1.807, 2.05) is 30.3 Å². The zero-order chi connectivity index (χ0) is 26.4. The van der Waals surface area contributed by atoms with Crippen molar-refractivity contribution in [3.05, 3.63) is 77.0 Å². The third kappa shape index (κ3) is 4.63. The van der Waals surface area contributed by atoms with E-state index in [2.05, 4.69) is 5.16 Å². The molecular weight excluding hydrogens is 501 g/mol. The normalized spacial score (nSPS) is 22.5. The summed E-state index contributed by atoms with van der Waals surface area (Å²) < 4.78 is 57.9. The third-order valence-corrected chi connectivity index (χ3v) is 7.53. The van der Waals surface area contributed by atoms with Gasteiger partial charge in [-0.1, -0.05) is 53.7 Å². The number of halogens is 3. The lowest BCUT2D eigenvalue weighted by atomic mass is 9.99. The second-order valence-corrected chi connectivity index (χ2v) is 10.1. The summed E-state index contributed by atoms with van der Waals surface area (Å²) in [7, 11) is 0. The molecule has 10 heteroatoms. The van der Waals surface area contributed by atoms with Crippen molar-refractivity contribution in [1.29, 1.82) is 0 Å². The fraction of sp³-hybridized carbons (Fsp3) is 0.393. The molecule has 38 heavy (non-hydrogen) atoms. The van der Waals surface area contributed by atoms with Crippen LogP contribution in [0.4, 0.5) is 18.0 Å². The number of amides is 1. The molecule has 1 aliphatic heterocycles. The van der Waals surface area contributed by atoms with E-state index in [-0.39, 0.29) is 47.1 Å². The van der Waals surface area contributed by atoms with E-state index in [4.69, 9.17) is 14.0 Å². The topological polar surface area (TPSA) is 81.9 Å². The number of carbonyl (C=O) groups is 2. The van der Waals surface area contributed by atoms with Crippen molar-refractivity contribution in [2.45, 2.75) is 56.5 Å². The highest BCUT2D eigenvalue weighted by Crippen LogP contribution is 2.47. The molecule has 0 spiro atoms. The summed E-state index contributed by atoms with van der Waals surface area (Å²) in [5.74, 6) is -0.609. The monoisotopic (exact) mass is 526 g/mol. The van der Waals surface area contributed by atoms with Crippen molar-refractivity contribution in [3.8, 4) is 11.3 Å². The molecule has 0 radical (unpaired) electrons. The number of esters is 1. The SMILES string of the molecule is O=C(O[C@@H]1C[C@@H]2C[C@H]1CN2C(=O)OCc1ccccc1)c1c(-c2ccccc2C(F)(F)F)noc1C1CC1. The Labute approximate surface area is 216 Å². The summed E-state index contributed by atoms with van der Waals surface area (Å²) >= 11 is 0. The van der Waals surface area contributed by atoms with Gasteiger partial charge in [-0.25, -0.2) is 9.59 Å². The molecular formula is C28H25F3N2O5. The maximum absolute atomic E-state index is 13.7. The van der Waals surface area contributed by atoms with Gasteiger partial charge in [0.1, 0.15) is 24.0 Å². The fourth-order valence-corrected chi connectivity index (χ4v) is 5.52. The number of hydrogen-bond acceptors (Lipinski definition) is 6. The number of aromatic nitrogens is 1. The highest BCUT2D eigenvalue weighted by Gasteiger charge is 2.50. The van der Waals surface area contributed by atoms with E-state index in [0.717, 1.165) is 24.5 Å². The van der Waals surface area contributed by atoms with Gasteiger partial charge in [0.2, 0.25) is 0 Å². The zero-order valence-corrected chi connectivity index (χ0v) is 20.3. The Kier molecular flexibility index (Phi) is 6.12. The quantitative estimate of drug-likeness (QED) is 0.356. The molecule has 2 aliphatic carbocycles. The van der Waals surface area contributed by atoms with Crippen LogP contribution in [0.2, 0.25) is 0 Å². The lowest BCUT2D eigenvalue weighted by molar-refractivity contribution is -0.137. The third-order valence-electron chi connectivity index (χ3n) is 7.53. The van der Waals surface area contributed by atoms with Gasteiger partial charge in [-0.05, 0) is 30.9 Å². The van der Waals surface area contributed by atoms with Crippen LogP contribution in [0.15, 0.2) is 59.1 Å². The molecule has 1 amide bonds. The van der Waals surface area contributed by atoms with Crippen molar-refractivity contribution < 1.29 is 36.8 Å². The molecule has 3 aliphatic rings. The lowest BCUT2D eigenvalue weighted by Crippen LogP contribution is -2.43. The molecule has 1 saturated heterocycles. The summed E-state index contributed by atoms with van der Waals surface area (Å²) in [5, 5.41) is 3.90.